The molecule has 1 heterocycles. The number of carbonyl (C=O) groups excluding carboxylic acids is 1. The van der Waals surface area contributed by atoms with Crippen LogP contribution in [0.15, 0.2) is 60.9 Å². The van der Waals surface area contributed by atoms with E-state index in [1.807, 2.05) is 37.3 Å². The number of aryl methyl sites for hydroxylation is 2. The Kier molecular flexibility index (Phi) is 5.59. The van der Waals surface area contributed by atoms with Crippen molar-refractivity contribution in [3.8, 4) is 0 Å². The molecule has 0 saturated carbocycles. The van der Waals surface area contributed by atoms with E-state index in [4.69, 9.17) is 0 Å². The van der Waals surface area contributed by atoms with Crippen molar-refractivity contribution in [3.05, 3.63) is 88.9 Å². The van der Waals surface area contributed by atoms with Gasteiger partial charge in [0.15, 0.2) is 0 Å². The number of benzene rings is 2. The van der Waals surface area contributed by atoms with Crippen molar-refractivity contribution in [2.24, 2.45) is 0 Å². The van der Waals surface area contributed by atoms with E-state index in [0.717, 1.165) is 11.1 Å². The third-order valence-electron chi connectivity index (χ3n) is 4.03. The van der Waals surface area contributed by atoms with Gasteiger partial charge in [0, 0.05) is 19.2 Å². The van der Waals surface area contributed by atoms with Gasteiger partial charge >= 0.3 is 0 Å². The van der Waals surface area contributed by atoms with Crippen molar-refractivity contribution in [1.82, 2.24) is 15.3 Å². The zero-order valence-corrected chi connectivity index (χ0v) is 15.0. The Morgan fingerprint density at radius 3 is 2.46 bits per heavy atom. The van der Waals surface area contributed by atoms with Gasteiger partial charge in [-0.15, -0.1) is 0 Å². The molecule has 132 valence electrons. The molecule has 5 nitrogen and oxygen atoms in total. The van der Waals surface area contributed by atoms with Gasteiger partial charge in [-0.1, -0.05) is 59.7 Å². The molecule has 0 fully saturated rings. The molecule has 0 radical (unpaired) electrons. The Balaban J connectivity index is 1.59. The van der Waals surface area contributed by atoms with Gasteiger partial charge in [-0.05, 0) is 25.0 Å². The standard InChI is InChI=1S/C21H22N4O/c1-15-6-8-17(9-7-15)12-23-21(26)19-11-20(25-14-24-19)22-13-18-5-3-4-16(2)10-18/h3-11,14H,12-13H2,1-2H3,(H,23,26)(H,22,24,25). The van der Waals surface area contributed by atoms with Gasteiger partial charge in [-0.3, -0.25) is 4.79 Å². The summed E-state index contributed by atoms with van der Waals surface area (Å²) in [5.74, 6) is 0.411. The van der Waals surface area contributed by atoms with Crippen molar-refractivity contribution in [1.29, 1.82) is 0 Å². The van der Waals surface area contributed by atoms with E-state index >= 15 is 0 Å². The van der Waals surface area contributed by atoms with Gasteiger partial charge in [0.05, 0.1) is 0 Å². The van der Waals surface area contributed by atoms with Gasteiger partial charge in [0.2, 0.25) is 0 Å². The fourth-order valence-corrected chi connectivity index (χ4v) is 2.57. The molecule has 0 spiro atoms. The molecule has 3 rings (SSSR count). The first-order chi connectivity index (χ1) is 12.6. The smallest absolute Gasteiger partial charge is 0.270 e. The number of hydrogen-bond acceptors (Lipinski definition) is 4. The molecule has 3 aromatic rings. The van der Waals surface area contributed by atoms with Crippen LogP contribution in [0.1, 0.15) is 32.7 Å². The number of amides is 1. The zero-order chi connectivity index (χ0) is 18.4. The molecule has 0 aliphatic heterocycles. The maximum absolute atomic E-state index is 12.3. The highest BCUT2D eigenvalue weighted by Crippen LogP contribution is 2.09. The van der Waals surface area contributed by atoms with Gasteiger partial charge in [0.1, 0.15) is 17.8 Å². The molecule has 26 heavy (non-hydrogen) atoms. The monoisotopic (exact) mass is 346 g/mol. The minimum atomic E-state index is -0.216. The van der Waals surface area contributed by atoms with Crippen LogP contribution in [-0.4, -0.2) is 15.9 Å². The molecule has 0 aliphatic rings. The topological polar surface area (TPSA) is 66.9 Å². The first kappa shape index (κ1) is 17.6. The van der Waals surface area contributed by atoms with Crippen molar-refractivity contribution < 1.29 is 4.79 Å². The fourth-order valence-electron chi connectivity index (χ4n) is 2.57. The number of aromatic nitrogens is 2. The second kappa shape index (κ2) is 8.25. The van der Waals surface area contributed by atoms with Crippen molar-refractivity contribution in [2.75, 3.05) is 5.32 Å². The Hall–Kier alpha value is -3.21. The number of nitrogens with zero attached hydrogens (tertiary/aromatic N) is 2. The second-order valence-electron chi connectivity index (χ2n) is 6.30. The van der Waals surface area contributed by atoms with Crippen molar-refractivity contribution in [3.63, 3.8) is 0 Å². The lowest BCUT2D eigenvalue weighted by Gasteiger charge is -2.08. The molecule has 2 aromatic carbocycles. The van der Waals surface area contributed by atoms with Crippen LogP contribution in [0.3, 0.4) is 0 Å². The van der Waals surface area contributed by atoms with E-state index in [2.05, 4.69) is 45.7 Å². The summed E-state index contributed by atoms with van der Waals surface area (Å²) < 4.78 is 0. The molecular weight excluding hydrogens is 324 g/mol. The quantitative estimate of drug-likeness (QED) is 0.715. The molecule has 0 aliphatic carbocycles. The van der Waals surface area contributed by atoms with Gasteiger partial charge in [0.25, 0.3) is 5.91 Å². The summed E-state index contributed by atoms with van der Waals surface area (Å²) in [6.07, 6.45) is 1.40. The van der Waals surface area contributed by atoms with E-state index < -0.39 is 0 Å². The maximum Gasteiger partial charge on any atom is 0.270 e. The van der Waals surface area contributed by atoms with Crippen molar-refractivity contribution in [2.45, 2.75) is 26.9 Å². The molecule has 0 atom stereocenters. The van der Waals surface area contributed by atoms with Crippen LogP contribution in [0.4, 0.5) is 5.82 Å². The van der Waals surface area contributed by atoms with Crippen LogP contribution >= 0.6 is 0 Å². The maximum atomic E-state index is 12.3. The normalized spacial score (nSPS) is 10.4. The predicted molar refractivity (Wildman–Crippen MR) is 103 cm³/mol. The molecule has 1 amide bonds. The lowest BCUT2D eigenvalue weighted by Crippen LogP contribution is -2.24. The van der Waals surface area contributed by atoms with E-state index in [1.165, 1.54) is 17.5 Å². The Morgan fingerprint density at radius 2 is 1.69 bits per heavy atom. The minimum absolute atomic E-state index is 0.216. The van der Waals surface area contributed by atoms with E-state index in [0.29, 0.717) is 24.6 Å². The highest BCUT2D eigenvalue weighted by Gasteiger charge is 2.08. The van der Waals surface area contributed by atoms with E-state index in [-0.39, 0.29) is 5.91 Å². The van der Waals surface area contributed by atoms with Crippen LogP contribution in [0.2, 0.25) is 0 Å². The molecule has 0 bridgehead atoms. The van der Waals surface area contributed by atoms with Gasteiger partial charge in [-0.25, -0.2) is 9.97 Å². The first-order valence-corrected chi connectivity index (χ1v) is 8.55. The summed E-state index contributed by atoms with van der Waals surface area (Å²) in [4.78, 5) is 20.6. The van der Waals surface area contributed by atoms with Crippen molar-refractivity contribution >= 4 is 11.7 Å². The summed E-state index contributed by atoms with van der Waals surface area (Å²) in [5.41, 5.74) is 4.96. The van der Waals surface area contributed by atoms with Gasteiger partial charge in [-0.2, -0.15) is 0 Å². The Morgan fingerprint density at radius 1 is 0.885 bits per heavy atom. The molecule has 5 heteroatoms. The summed E-state index contributed by atoms with van der Waals surface area (Å²) in [6, 6.07) is 18.0. The average molecular weight is 346 g/mol. The summed E-state index contributed by atoms with van der Waals surface area (Å²) in [7, 11) is 0. The number of carbonyl (C=O) groups is 1. The van der Waals surface area contributed by atoms with Crippen LogP contribution in [0.5, 0.6) is 0 Å². The number of hydrogen-bond donors (Lipinski definition) is 2. The van der Waals surface area contributed by atoms with Crippen LogP contribution in [0.25, 0.3) is 0 Å². The SMILES string of the molecule is Cc1ccc(CNC(=O)c2cc(NCc3cccc(C)c3)ncn2)cc1. The minimum Gasteiger partial charge on any atom is -0.366 e. The molecule has 0 saturated heterocycles. The predicted octanol–water partition coefficient (Wildman–Crippen LogP) is 3.64. The highest BCUT2D eigenvalue weighted by atomic mass is 16.1. The number of anilines is 1. The molecule has 0 unspecified atom stereocenters. The average Bonchev–Trinajstić information content (AvgIpc) is 2.66. The zero-order valence-electron chi connectivity index (χ0n) is 15.0. The fraction of sp³-hybridized carbons (Fsp3) is 0.190. The first-order valence-electron chi connectivity index (χ1n) is 8.55. The van der Waals surface area contributed by atoms with E-state index in [9.17, 15) is 4.79 Å². The second-order valence-corrected chi connectivity index (χ2v) is 6.30. The lowest BCUT2D eigenvalue weighted by atomic mass is 10.1. The number of rotatable bonds is 6. The van der Waals surface area contributed by atoms with Crippen LogP contribution in [-0.2, 0) is 13.1 Å². The Bertz CT molecular complexity index is 891. The third kappa shape index (κ3) is 4.89. The summed E-state index contributed by atoms with van der Waals surface area (Å²) in [6.45, 7) is 5.21. The largest absolute Gasteiger partial charge is 0.366 e. The summed E-state index contributed by atoms with van der Waals surface area (Å²) >= 11 is 0. The van der Waals surface area contributed by atoms with Crippen LogP contribution < -0.4 is 10.6 Å². The van der Waals surface area contributed by atoms with Gasteiger partial charge < -0.3 is 10.6 Å². The Labute approximate surface area is 153 Å². The third-order valence-corrected chi connectivity index (χ3v) is 4.03. The number of nitrogens with one attached hydrogen (secondary N) is 2. The molecule has 1 aromatic heterocycles. The lowest BCUT2D eigenvalue weighted by molar-refractivity contribution is 0.0946. The highest BCUT2D eigenvalue weighted by molar-refractivity contribution is 5.92. The summed E-state index contributed by atoms with van der Waals surface area (Å²) in [5, 5.41) is 6.12. The van der Waals surface area contributed by atoms with E-state index in [1.54, 1.807) is 6.07 Å². The molecule has 2 N–H and O–H groups in total. The molecular formula is C21H22N4O. The van der Waals surface area contributed by atoms with Crippen LogP contribution in [0, 0.1) is 13.8 Å².